The zero-order valence-electron chi connectivity index (χ0n) is 9.95. The van der Waals surface area contributed by atoms with Crippen molar-refractivity contribution < 1.29 is 0 Å². The van der Waals surface area contributed by atoms with Gasteiger partial charge in [-0.05, 0) is 37.8 Å². The molecule has 0 aliphatic rings. The van der Waals surface area contributed by atoms with Crippen LogP contribution in [-0.4, -0.2) is 30.2 Å². The second-order valence-corrected chi connectivity index (χ2v) is 4.26. The van der Waals surface area contributed by atoms with Crippen LogP contribution in [0.1, 0.15) is 24.2 Å². The van der Waals surface area contributed by atoms with Gasteiger partial charge in [0.15, 0.2) is 0 Å². The number of pyridine rings is 1. The lowest BCUT2D eigenvalue weighted by atomic mass is 10.1. The summed E-state index contributed by atoms with van der Waals surface area (Å²) in [4.78, 5) is 0. The molecule has 0 aliphatic carbocycles. The van der Waals surface area contributed by atoms with Crippen LogP contribution < -0.4 is 0 Å². The molecule has 0 radical (unpaired) electrons. The van der Waals surface area contributed by atoms with Crippen LogP contribution in [0.5, 0.6) is 0 Å². The number of nitrogens with zero attached hydrogens (tertiary/aromatic N) is 5. The van der Waals surface area contributed by atoms with Crippen molar-refractivity contribution in [2.24, 2.45) is 0 Å². The maximum atomic E-state index is 4.09. The van der Waals surface area contributed by atoms with E-state index in [0.29, 0.717) is 0 Å². The summed E-state index contributed by atoms with van der Waals surface area (Å²) >= 11 is 0. The molecule has 0 atom stereocenters. The van der Waals surface area contributed by atoms with Crippen molar-refractivity contribution in [3.8, 4) is 0 Å². The van der Waals surface area contributed by atoms with Crippen molar-refractivity contribution in [1.29, 1.82) is 0 Å². The second kappa shape index (κ2) is 4.95. The third-order valence-corrected chi connectivity index (χ3v) is 2.98. The summed E-state index contributed by atoms with van der Waals surface area (Å²) in [6.45, 7) is 0. The zero-order chi connectivity index (χ0) is 12.2. The molecule has 0 amide bonds. The maximum absolute atomic E-state index is 4.09. The molecule has 0 saturated carbocycles. The monoisotopic (exact) mass is 242 g/mol. The van der Waals surface area contributed by atoms with Crippen LogP contribution in [0.3, 0.4) is 0 Å². The number of fused-ring (bicyclic) bond motifs is 1. The molecule has 3 aromatic heterocycles. The molecule has 6 heteroatoms. The van der Waals surface area contributed by atoms with E-state index in [9.17, 15) is 0 Å². The standard InChI is InChI=1S/C12H14N6/c1(4-10-8-13-16-15-10)2-5-11-6-3-7-12-9-14-17-18(11)12/h3,6-9H,1-2,4-5H2,(H,13,15,16). The summed E-state index contributed by atoms with van der Waals surface area (Å²) < 4.78 is 1.90. The van der Waals surface area contributed by atoms with Crippen LogP contribution in [0.2, 0.25) is 0 Å². The van der Waals surface area contributed by atoms with Crippen LogP contribution in [0, 0.1) is 0 Å². The Kier molecular flexibility index (Phi) is 2.99. The lowest BCUT2D eigenvalue weighted by Gasteiger charge is -2.03. The molecule has 0 aromatic carbocycles. The van der Waals surface area contributed by atoms with Gasteiger partial charge in [0, 0.05) is 5.69 Å². The number of nitrogens with one attached hydrogen (secondary N) is 1. The summed E-state index contributed by atoms with van der Waals surface area (Å²) in [5.41, 5.74) is 3.27. The van der Waals surface area contributed by atoms with Gasteiger partial charge >= 0.3 is 0 Å². The third kappa shape index (κ3) is 2.22. The average Bonchev–Trinajstić information content (AvgIpc) is 3.05. The van der Waals surface area contributed by atoms with E-state index in [1.165, 1.54) is 5.69 Å². The lowest BCUT2D eigenvalue weighted by Crippen LogP contribution is -1.99. The van der Waals surface area contributed by atoms with Gasteiger partial charge in [-0.1, -0.05) is 11.3 Å². The van der Waals surface area contributed by atoms with Crippen LogP contribution in [0.25, 0.3) is 5.52 Å². The molecule has 18 heavy (non-hydrogen) atoms. The Morgan fingerprint density at radius 1 is 1.11 bits per heavy atom. The number of hydrogen-bond donors (Lipinski definition) is 1. The molecule has 1 N–H and O–H groups in total. The van der Waals surface area contributed by atoms with Crippen molar-refractivity contribution >= 4 is 5.52 Å². The van der Waals surface area contributed by atoms with Crippen LogP contribution in [0.4, 0.5) is 0 Å². The number of aromatic nitrogens is 6. The predicted molar refractivity (Wildman–Crippen MR) is 66.0 cm³/mol. The quantitative estimate of drug-likeness (QED) is 0.687. The average molecular weight is 242 g/mol. The second-order valence-electron chi connectivity index (χ2n) is 4.26. The summed E-state index contributed by atoms with van der Waals surface area (Å²) in [5.74, 6) is 0. The fraction of sp³-hybridized carbons (Fsp3) is 0.333. The zero-order valence-corrected chi connectivity index (χ0v) is 9.95. The lowest BCUT2D eigenvalue weighted by molar-refractivity contribution is 0.686. The Morgan fingerprint density at radius 3 is 2.94 bits per heavy atom. The van der Waals surface area contributed by atoms with Gasteiger partial charge in [-0.3, -0.25) is 0 Å². The third-order valence-electron chi connectivity index (χ3n) is 2.98. The Hall–Kier alpha value is -2.24. The Balaban J connectivity index is 1.58. The maximum Gasteiger partial charge on any atom is 0.0868 e. The van der Waals surface area contributed by atoms with E-state index in [0.717, 1.165) is 36.9 Å². The largest absolute Gasteiger partial charge is 0.218 e. The van der Waals surface area contributed by atoms with Crippen molar-refractivity contribution in [3.05, 3.63) is 42.0 Å². The molecule has 0 saturated heterocycles. The van der Waals surface area contributed by atoms with Crippen molar-refractivity contribution in [2.75, 3.05) is 0 Å². The highest BCUT2D eigenvalue weighted by molar-refractivity contribution is 5.43. The Labute approximate surface area is 104 Å². The van der Waals surface area contributed by atoms with Crippen molar-refractivity contribution in [3.63, 3.8) is 0 Å². The fourth-order valence-electron chi connectivity index (χ4n) is 2.06. The van der Waals surface area contributed by atoms with E-state index in [4.69, 9.17) is 0 Å². The molecule has 6 nitrogen and oxygen atoms in total. The van der Waals surface area contributed by atoms with E-state index < -0.39 is 0 Å². The van der Waals surface area contributed by atoms with Gasteiger partial charge in [-0.25, -0.2) is 4.52 Å². The number of H-pyrrole nitrogens is 1. The van der Waals surface area contributed by atoms with Gasteiger partial charge in [0.25, 0.3) is 0 Å². The molecule has 0 bridgehead atoms. The smallest absolute Gasteiger partial charge is 0.0868 e. The molecule has 92 valence electrons. The summed E-state index contributed by atoms with van der Waals surface area (Å²) in [6.07, 6.45) is 7.71. The number of aromatic amines is 1. The number of rotatable bonds is 5. The number of hydrogen-bond acceptors (Lipinski definition) is 4. The minimum atomic E-state index is 0.962. The van der Waals surface area contributed by atoms with Crippen LogP contribution >= 0.6 is 0 Å². The van der Waals surface area contributed by atoms with Gasteiger partial charge < -0.3 is 0 Å². The van der Waals surface area contributed by atoms with E-state index in [-0.39, 0.29) is 0 Å². The van der Waals surface area contributed by atoms with Gasteiger partial charge in [-0.2, -0.15) is 15.4 Å². The van der Waals surface area contributed by atoms with Gasteiger partial charge in [-0.15, -0.1) is 5.10 Å². The van der Waals surface area contributed by atoms with Crippen LogP contribution in [0.15, 0.2) is 30.6 Å². The van der Waals surface area contributed by atoms with E-state index in [1.807, 2.05) is 16.6 Å². The molecule has 0 fully saturated rings. The minimum Gasteiger partial charge on any atom is -0.218 e. The molecular formula is C12H14N6. The first-order chi connectivity index (χ1) is 8.93. The summed E-state index contributed by atoms with van der Waals surface area (Å²) in [7, 11) is 0. The molecule has 0 spiro atoms. The van der Waals surface area contributed by atoms with Gasteiger partial charge in [0.2, 0.25) is 0 Å². The molecule has 3 aromatic rings. The van der Waals surface area contributed by atoms with E-state index in [1.54, 1.807) is 12.4 Å². The number of unbranched alkanes of at least 4 members (excludes halogenated alkanes) is 1. The SMILES string of the molecule is c1cc(CCCCc2cn[nH]n2)n2nncc2c1. The molecule has 3 rings (SSSR count). The van der Waals surface area contributed by atoms with Crippen LogP contribution in [-0.2, 0) is 12.8 Å². The number of aryl methyl sites for hydroxylation is 2. The Morgan fingerprint density at radius 2 is 2.06 bits per heavy atom. The van der Waals surface area contributed by atoms with Gasteiger partial charge in [0.05, 0.1) is 23.6 Å². The highest BCUT2D eigenvalue weighted by Crippen LogP contribution is 2.09. The Bertz CT molecular complexity index is 612. The minimum absolute atomic E-state index is 0.962. The summed E-state index contributed by atoms with van der Waals surface area (Å²) in [6, 6.07) is 6.16. The first-order valence-corrected chi connectivity index (χ1v) is 6.06. The molecule has 0 aliphatic heterocycles. The van der Waals surface area contributed by atoms with E-state index in [2.05, 4.69) is 31.8 Å². The summed E-state index contributed by atoms with van der Waals surface area (Å²) in [5, 5.41) is 18.5. The highest BCUT2D eigenvalue weighted by atomic mass is 15.4. The predicted octanol–water partition coefficient (Wildman–Crippen LogP) is 1.41. The highest BCUT2D eigenvalue weighted by Gasteiger charge is 2.02. The first kappa shape index (κ1) is 10.9. The van der Waals surface area contributed by atoms with Gasteiger partial charge in [0.1, 0.15) is 0 Å². The first-order valence-electron chi connectivity index (χ1n) is 6.06. The topological polar surface area (TPSA) is 71.8 Å². The van der Waals surface area contributed by atoms with Crippen molar-refractivity contribution in [2.45, 2.75) is 25.7 Å². The van der Waals surface area contributed by atoms with E-state index >= 15 is 0 Å². The molecular weight excluding hydrogens is 228 g/mol. The molecule has 0 unspecified atom stereocenters. The molecule has 3 heterocycles. The normalized spacial score (nSPS) is 11.1. The fourth-order valence-corrected chi connectivity index (χ4v) is 2.06. The van der Waals surface area contributed by atoms with Crippen molar-refractivity contribution in [1.82, 2.24) is 30.2 Å².